The molecule has 0 spiro atoms. The van der Waals surface area contributed by atoms with Gasteiger partial charge in [-0.1, -0.05) is 12.1 Å². The molecule has 0 aromatic heterocycles. The Labute approximate surface area is 95.6 Å². The van der Waals surface area contributed by atoms with E-state index in [-0.39, 0.29) is 11.9 Å². The van der Waals surface area contributed by atoms with Gasteiger partial charge in [0.2, 0.25) is 5.91 Å². The minimum absolute atomic E-state index is 0.0225. The number of hydrogen-bond donors (Lipinski definition) is 1. The lowest BCUT2D eigenvalue weighted by atomic mass is 10.2. The molecule has 1 unspecified atom stereocenters. The first-order valence-corrected chi connectivity index (χ1v) is 5.44. The van der Waals surface area contributed by atoms with E-state index in [1.54, 1.807) is 4.90 Å². The second-order valence-electron chi connectivity index (χ2n) is 4.27. The van der Waals surface area contributed by atoms with E-state index in [9.17, 15) is 4.79 Å². The minimum Gasteiger partial charge on any atom is -0.376 e. The van der Waals surface area contributed by atoms with Crippen LogP contribution in [0.25, 0.3) is 0 Å². The van der Waals surface area contributed by atoms with Crippen molar-refractivity contribution in [1.82, 2.24) is 0 Å². The molecule has 2 rings (SSSR count). The molecule has 4 heteroatoms. The summed E-state index contributed by atoms with van der Waals surface area (Å²) in [6.45, 7) is 0.713. The predicted molar refractivity (Wildman–Crippen MR) is 65.7 cm³/mol. The number of hydrogen-bond acceptors (Lipinski definition) is 3. The van der Waals surface area contributed by atoms with Gasteiger partial charge in [0.25, 0.3) is 0 Å². The van der Waals surface area contributed by atoms with Crippen molar-refractivity contribution < 1.29 is 4.79 Å². The second-order valence-corrected chi connectivity index (χ2v) is 4.27. The summed E-state index contributed by atoms with van der Waals surface area (Å²) in [6, 6.07) is 7.55. The SMILES string of the molecule is CN(C)c1ccccc1N1CCC(N)C1=O. The third kappa shape index (κ3) is 1.76. The van der Waals surface area contributed by atoms with E-state index in [1.165, 1.54) is 0 Å². The number of amides is 1. The van der Waals surface area contributed by atoms with Crippen molar-refractivity contribution in [3.05, 3.63) is 24.3 Å². The molecule has 0 bridgehead atoms. The van der Waals surface area contributed by atoms with Crippen LogP contribution in [0.3, 0.4) is 0 Å². The monoisotopic (exact) mass is 219 g/mol. The molecule has 0 aliphatic carbocycles. The third-order valence-corrected chi connectivity index (χ3v) is 2.90. The fourth-order valence-corrected chi connectivity index (χ4v) is 2.01. The van der Waals surface area contributed by atoms with Crippen LogP contribution in [0.4, 0.5) is 11.4 Å². The van der Waals surface area contributed by atoms with Gasteiger partial charge in [-0.3, -0.25) is 4.79 Å². The molecule has 4 nitrogen and oxygen atoms in total. The molecule has 1 aromatic carbocycles. The van der Waals surface area contributed by atoms with Gasteiger partial charge in [0, 0.05) is 20.6 Å². The van der Waals surface area contributed by atoms with Gasteiger partial charge in [-0.25, -0.2) is 0 Å². The van der Waals surface area contributed by atoms with E-state index in [4.69, 9.17) is 5.73 Å². The van der Waals surface area contributed by atoms with E-state index in [1.807, 2.05) is 43.3 Å². The fraction of sp³-hybridized carbons (Fsp3) is 0.417. The van der Waals surface area contributed by atoms with Crippen LogP contribution in [-0.4, -0.2) is 32.6 Å². The number of anilines is 2. The number of nitrogens with zero attached hydrogens (tertiary/aromatic N) is 2. The Kier molecular flexibility index (Phi) is 2.83. The number of carbonyl (C=O) groups is 1. The Bertz CT molecular complexity index is 403. The van der Waals surface area contributed by atoms with Crippen molar-refractivity contribution in [3.63, 3.8) is 0 Å². The van der Waals surface area contributed by atoms with E-state index in [0.717, 1.165) is 17.8 Å². The third-order valence-electron chi connectivity index (χ3n) is 2.90. The Morgan fingerprint density at radius 2 is 2.06 bits per heavy atom. The zero-order chi connectivity index (χ0) is 11.7. The van der Waals surface area contributed by atoms with Crippen LogP contribution in [-0.2, 0) is 4.79 Å². The molecule has 1 heterocycles. The molecule has 0 radical (unpaired) electrons. The van der Waals surface area contributed by atoms with Crippen molar-refractivity contribution in [3.8, 4) is 0 Å². The highest BCUT2D eigenvalue weighted by Crippen LogP contribution is 2.30. The van der Waals surface area contributed by atoms with Crippen molar-refractivity contribution in [2.24, 2.45) is 5.73 Å². The topological polar surface area (TPSA) is 49.6 Å². The lowest BCUT2D eigenvalue weighted by Gasteiger charge is -2.23. The average Bonchev–Trinajstić information content (AvgIpc) is 2.60. The Hall–Kier alpha value is -1.55. The molecule has 1 aromatic rings. The second kappa shape index (κ2) is 4.14. The number of benzene rings is 1. The standard InChI is InChI=1S/C12H17N3O/c1-14(2)10-5-3-4-6-11(10)15-8-7-9(13)12(15)16/h3-6,9H,7-8,13H2,1-2H3. The molecule has 1 saturated heterocycles. The van der Waals surface area contributed by atoms with Crippen LogP contribution in [0.1, 0.15) is 6.42 Å². The normalized spacial score (nSPS) is 20.3. The van der Waals surface area contributed by atoms with E-state index in [2.05, 4.69) is 0 Å². The summed E-state index contributed by atoms with van der Waals surface area (Å²) in [5, 5.41) is 0. The highest BCUT2D eigenvalue weighted by Gasteiger charge is 2.30. The Balaban J connectivity index is 2.37. The zero-order valence-electron chi connectivity index (χ0n) is 9.68. The fourth-order valence-electron chi connectivity index (χ4n) is 2.01. The maximum atomic E-state index is 11.9. The Morgan fingerprint density at radius 3 is 2.62 bits per heavy atom. The summed E-state index contributed by atoms with van der Waals surface area (Å²) in [5.74, 6) is 0.0225. The van der Waals surface area contributed by atoms with Gasteiger partial charge in [-0.15, -0.1) is 0 Å². The van der Waals surface area contributed by atoms with Gasteiger partial charge in [0.05, 0.1) is 17.4 Å². The average molecular weight is 219 g/mol. The highest BCUT2D eigenvalue weighted by molar-refractivity contribution is 6.01. The smallest absolute Gasteiger partial charge is 0.244 e. The molecule has 1 fully saturated rings. The van der Waals surface area contributed by atoms with Crippen LogP contribution in [0.2, 0.25) is 0 Å². The van der Waals surface area contributed by atoms with Gasteiger partial charge in [0.1, 0.15) is 0 Å². The summed E-state index contributed by atoms with van der Waals surface area (Å²) in [7, 11) is 3.94. The summed E-state index contributed by atoms with van der Waals surface area (Å²) in [6.07, 6.45) is 0.737. The first kappa shape index (κ1) is 11.0. The highest BCUT2D eigenvalue weighted by atomic mass is 16.2. The lowest BCUT2D eigenvalue weighted by Crippen LogP contribution is -2.34. The van der Waals surface area contributed by atoms with Crippen LogP contribution in [0.5, 0.6) is 0 Å². The first-order valence-electron chi connectivity index (χ1n) is 5.44. The molecule has 1 aliphatic heterocycles. The largest absolute Gasteiger partial charge is 0.376 e. The van der Waals surface area contributed by atoms with Gasteiger partial charge in [-0.05, 0) is 18.6 Å². The molecule has 2 N–H and O–H groups in total. The zero-order valence-corrected chi connectivity index (χ0v) is 9.68. The van der Waals surface area contributed by atoms with Gasteiger partial charge >= 0.3 is 0 Å². The molecule has 86 valence electrons. The summed E-state index contributed by atoms with van der Waals surface area (Å²) in [5.41, 5.74) is 7.72. The van der Waals surface area contributed by atoms with Crippen molar-refractivity contribution in [1.29, 1.82) is 0 Å². The molecule has 0 saturated carbocycles. The maximum Gasteiger partial charge on any atom is 0.244 e. The molecular formula is C12H17N3O. The molecule has 16 heavy (non-hydrogen) atoms. The number of nitrogens with two attached hydrogens (primary N) is 1. The van der Waals surface area contributed by atoms with E-state index in [0.29, 0.717) is 6.54 Å². The van der Waals surface area contributed by atoms with E-state index >= 15 is 0 Å². The molecule has 1 amide bonds. The van der Waals surface area contributed by atoms with Crippen molar-refractivity contribution in [2.45, 2.75) is 12.5 Å². The lowest BCUT2D eigenvalue weighted by molar-refractivity contribution is -0.118. The van der Waals surface area contributed by atoms with Gasteiger partial charge in [-0.2, -0.15) is 0 Å². The number of para-hydroxylation sites is 2. The summed E-state index contributed by atoms with van der Waals surface area (Å²) < 4.78 is 0. The number of rotatable bonds is 2. The van der Waals surface area contributed by atoms with Crippen molar-refractivity contribution >= 4 is 17.3 Å². The van der Waals surface area contributed by atoms with Crippen LogP contribution in [0, 0.1) is 0 Å². The summed E-state index contributed by atoms with van der Waals surface area (Å²) in [4.78, 5) is 15.6. The molecular weight excluding hydrogens is 202 g/mol. The van der Waals surface area contributed by atoms with Crippen LogP contribution >= 0.6 is 0 Å². The Morgan fingerprint density at radius 1 is 1.38 bits per heavy atom. The van der Waals surface area contributed by atoms with Gasteiger partial charge in [0.15, 0.2) is 0 Å². The minimum atomic E-state index is -0.338. The molecule has 1 aliphatic rings. The predicted octanol–water partition coefficient (Wildman–Crippen LogP) is 0.817. The molecule has 1 atom stereocenters. The quantitative estimate of drug-likeness (QED) is 0.801. The summed E-state index contributed by atoms with van der Waals surface area (Å²) >= 11 is 0. The van der Waals surface area contributed by atoms with Gasteiger partial charge < -0.3 is 15.5 Å². The van der Waals surface area contributed by atoms with E-state index < -0.39 is 0 Å². The van der Waals surface area contributed by atoms with Crippen LogP contribution in [0.15, 0.2) is 24.3 Å². The van der Waals surface area contributed by atoms with Crippen molar-refractivity contribution in [2.75, 3.05) is 30.4 Å². The van der Waals surface area contributed by atoms with Crippen LogP contribution < -0.4 is 15.5 Å². The maximum absolute atomic E-state index is 11.9. The first-order chi connectivity index (χ1) is 7.61. The number of carbonyl (C=O) groups excluding carboxylic acids is 1.